The van der Waals surface area contributed by atoms with Gasteiger partial charge in [-0.05, 0) is 19.4 Å². The van der Waals surface area contributed by atoms with E-state index in [2.05, 4.69) is 0 Å². The van der Waals surface area contributed by atoms with Crippen LogP contribution in [0.25, 0.3) is 0 Å². The molecule has 21 heavy (non-hydrogen) atoms. The van der Waals surface area contributed by atoms with Crippen molar-refractivity contribution < 1.29 is 14.3 Å². The average molecular weight is 326 g/mol. The Kier molecular flexibility index (Phi) is 3.66. The van der Waals surface area contributed by atoms with E-state index in [4.69, 9.17) is 16.3 Å². The fourth-order valence-electron chi connectivity index (χ4n) is 2.75. The second-order valence-corrected chi connectivity index (χ2v) is 8.00. The zero-order chi connectivity index (χ0) is 15.2. The number of ether oxygens (including phenoxy) is 1. The molecule has 112 valence electrons. The van der Waals surface area contributed by atoms with Crippen molar-refractivity contribution in [3.8, 4) is 0 Å². The maximum Gasteiger partial charge on any atom is 0.330 e. The monoisotopic (exact) mass is 325 g/mol. The van der Waals surface area contributed by atoms with Crippen LogP contribution in [0.4, 0.5) is 0 Å². The van der Waals surface area contributed by atoms with E-state index >= 15 is 0 Å². The standard InChI is InChI=1S/C15H16ClNO3S/c1-15(2)11(17-12(18)10(16)13(17)21-15)14(19)20-8-9-6-4-3-5-7-9/h3-7,10-11,13H,8H2,1-2H3/t10-,11-,13+/m0/s1. The Balaban J connectivity index is 1.70. The number of benzene rings is 1. The summed E-state index contributed by atoms with van der Waals surface area (Å²) in [7, 11) is 0. The number of fused-ring (bicyclic) bond motifs is 1. The Morgan fingerprint density at radius 2 is 2.05 bits per heavy atom. The normalized spacial score (nSPS) is 29.8. The third-order valence-electron chi connectivity index (χ3n) is 3.82. The Morgan fingerprint density at radius 1 is 1.38 bits per heavy atom. The molecule has 0 radical (unpaired) electrons. The molecule has 1 aromatic carbocycles. The summed E-state index contributed by atoms with van der Waals surface area (Å²) in [6.45, 7) is 4.11. The molecule has 0 saturated carbocycles. The van der Waals surface area contributed by atoms with Crippen LogP contribution in [0, 0.1) is 0 Å². The second kappa shape index (κ2) is 5.21. The zero-order valence-corrected chi connectivity index (χ0v) is 13.4. The molecule has 0 aromatic heterocycles. The number of thioether (sulfide) groups is 1. The van der Waals surface area contributed by atoms with Crippen LogP contribution >= 0.6 is 23.4 Å². The van der Waals surface area contributed by atoms with Gasteiger partial charge in [-0.2, -0.15) is 0 Å². The van der Waals surface area contributed by atoms with Crippen molar-refractivity contribution in [2.24, 2.45) is 0 Å². The number of β-lactam (4-membered cyclic amide) rings is 1. The van der Waals surface area contributed by atoms with Crippen molar-refractivity contribution in [3.63, 3.8) is 0 Å². The number of esters is 1. The first kappa shape index (κ1) is 14.7. The van der Waals surface area contributed by atoms with Crippen LogP contribution in [0.3, 0.4) is 0 Å². The number of hydrogen-bond donors (Lipinski definition) is 0. The molecule has 3 atom stereocenters. The predicted octanol–water partition coefficient (Wildman–Crippen LogP) is 2.40. The van der Waals surface area contributed by atoms with Crippen LogP contribution < -0.4 is 0 Å². The van der Waals surface area contributed by atoms with Crippen molar-refractivity contribution >= 4 is 35.2 Å². The highest BCUT2D eigenvalue weighted by molar-refractivity contribution is 8.01. The van der Waals surface area contributed by atoms with Crippen LogP contribution in [0.2, 0.25) is 0 Å². The number of nitrogens with zero attached hydrogens (tertiary/aromatic N) is 1. The molecule has 3 rings (SSSR count). The van der Waals surface area contributed by atoms with Gasteiger partial charge in [0.05, 0.1) is 0 Å². The molecule has 6 heteroatoms. The second-order valence-electron chi connectivity index (χ2n) is 5.75. The largest absolute Gasteiger partial charge is 0.459 e. The quantitative estimate of drug-likeness (QED) is 0.486. The van der Waals surface area contributed by atoms with E-state index < -0.39 is 16.2 Å². The number of rotatable bonds is 3. The number of carbonyl (C=O) groups is 2. The van der Waals surface area contributed by atoms with Crippen molar-refractivity contribution in [3.05, 3.63) is 35.9 Å². The average Bonchev–Trinajstić information content (AvgIpc) is 2.74. The van der Waals surface area contributed by atoms with Gasteiger partial charge in [0, 0.05) is 4.75 Å². The lowest BCUT2D eigenvalue weighted by Gasteiger charge is -2.40. The predicted molar refractivity (Wildman–Crippen MR) is 82.0 cm³/mol. The Hall–Kier alpha value is -1.20. The van der Waals surface area contributed by atoms with Gasteiger partial charge < -0.3 is 9.64 Å². The van der Waals surface area contributed by atoms with Crippen LogP contribution in [0.15, 0.2) is 30.3 Å². The lowest BCUT2D eigenvalue weighted by molar-refractivity contribution is -0.161. The maximum atomic E-state index is 12.4. The SMILES string of the molecule is CC1(C)S[C@@H]2[C@@H](Cl)C(=O)N2[C@H]1C(=O)OCc1ccccc1. The van der Waals surface area contributed by atoms with Gasteiger partial charge in [-0.15, -0.1) is 23.4 Å². The molecule has 2 aliphatic heterocycles. The number of carbonyl (C=O) groups excluding carboxylic acids is 2. The minimum atomic E-state index is -0.571. The topological polar surface area (TPSA) is 46.6 Å². The van der Waals surface area contributed by atoms with Gasteiger partial charge in [-0.1, -0.05) is 30.3 Å². The van der Waals surface area contributed by atoms with Gasteiger partial charge in [-0.3, -0.25) is 4.79 Å². The van der Waals surface area contributed by atoms with Crippen LogP contribution in [0.5, 0.6) is 0 Å². The Labute approximate surface area is 132 Å². The van der Waals surface area contributed by atoms with Gasteiger partial charge in [0.25, 0.3) is 0 Å². The zero-order valence-electron chi connectivity index (χ0n) is 11.8. The van der Waals surface area contributed by atoms with Gasteiger partial charge in [0.1, 0.15) is 23.4 Å². The molecule has 0 spiro atoms. The van der Waals surface area contributed by atoms with Crippen LogP contribution in [-0.4, -0.2) is 38.3 Å². The first-order chi connectivity index (χ1) is 9.92. The smallest absolute Gasteiger partial charge is 0.330 e. The summed E-state index contributed by atoms with van der Waals surface area (Å²) < 4.78 is 5.00. The molecule has 0 aliphatic carbocycles. The summed E-state index contributed by atoms with van der Waals surface area (Å²) in [4.78, 5) is 25.9. The molecule has 2 saturated heterocycles. The molecule has 2 fully saturated rings. The minimum absolute atomic E-state index is 0.122. The summed E-state index contributed by atoms with van der Waals surface area (Å²) in [6.07, 6.45) is 0. The molecule has 1 amide bonds. The van der Waals surface area contributed by atoms with E-state index in [1.165, 1.54) is 0 Å². The highest BCUT2D eigenvalue weighted by Crippen LogP contribution is 2.52. The lowest BCUT2D eigenvalue weighted by Crippen LogP contribution is -2.63. The molecular formula is C15H16ClNO3S. The molecule has 2 aliphatic rings. The third-order valence-corrected chi connectivity index (χ3v) is 5.97. The van der Waals surface area contributed by atoms with E-state index in [1.807, 2.05) is 44.2 Å². The molecular weight excluding hydrogens is 310 g/mol. The van der Waals surface area contributed by atoms with Gasteiger partial charge in [0.2, 0.25) is 5.91 Å². The van der Waals surface area contributed by atoms with E-state index in [0.29, 0.717) is 0 Å². The highest BCUT2D eigenvalue weighted by atomic mass is 35.5. The number of amides is 1. The summed E-state index contributed by atoms with van der Waals surface area (Å²) in [5.74, 6) is -0.544. The van der Waals surface area contributed by atoms with Crippen molar-refractivity contribution in [1.82, 2.24) is 4.90 Å². The van der Waals surface area contributed by atoms with Crippen molar-refractivity contribution in [2.45, 2.75) is 42.0 Å². The van der Waals surface area contributed by atoms with Crippen molar-refractivity contribution in [2.75, 3.05) is 0 Å². The van der Waals surface area contributed by atoms with E-state index in [-0.39, 0.29) is 23.9 Å². The summed E-state index contributed by atoms with van der Waals surface area (Å²) in [5, 5.41) is -0.648. The van der Waals surface area contributed by atoms with Crippen LogP contribution in [-0.2, 0) is 20.9 Å². The van der Waals surface area contributed by atoms with Crippen LogP contribution in [0.1, 0.15) is 19.4 Å². The third kappa shape index (κ3) is 2.42. The summed E-state index contributed by atoms with van der Waals surface area (Å²) >= 11 is 7.57. The molecule has 0 N–H and O–H groups in total. The Bertz CT molecular complexity index is 578. The molecule has 0 unspecified atom stereocenters. The van der Waals surface area contributed by atoms with E-state index in [1.54, 1.807) is 16.7 Å². The lowest BCUT2D eigenvalue weighted by atomic mass is 9.98. The van der Waals surface area contributed by atoms with E-state index in [0.717, 1.165) is 5.56 Å². The summed E-state index contributed by atoms with van der Waals surface area (Å²) in [6, 6.07) is 8.92. The maximum absolute atomic E-state index is 12.4. The first-order valence-electron chi connectivity index (χ1n) is 6.76. The van der Waals surface area contributed by atoms with Gasteiger partial charge in [-0.25, -0.2) is 4.79 Å². The number of halogens is 1. The molecule has 2 heterocycles. The minimum Gasteiger partial charge on any atom is -0.459 e. The fraction of sp³-hybridized carbons (Fsp3) is 0.467. The molecule has 0 bridgehead atoms. The van der Waals surface area contributed by atoms with Gasteiger partial charge >= 0.3 is 5.97 Å². The van der Waals surface area contributed by atoms with E-state index in [9.17, 15) is 9.59 Å². The molecule has 4 nitrogen and oxygen atoms in total. The number of alkyl halides is 1. The summed E-state index contributed by atoms with van der Waals surface area (Å²) in [5.41, 5.74) is 0.927. The van der Waals surface area contributed by atoms with Crippen molar-refractivity contribution in [1.29, 1.82) is 0 Å². The Morgan fingerprint density at radius 3 is 2.71 bits per heavy atom. The number of hydrogen-bond acceptors (Lipinski definition) is 4. The van der Waals surface area contributed by atoms with Gasteiger partial charge in [0.15, 0.2) is 0 Å². The fourth-order valence-corrected chi connectivity index (χ4v) is 4.68. The first-order valence-corrected chi connectivity index (χ1v) is 8.08. The highest BCUT2D eigenvalue weighted by Gasteiger charge is 2.63. The molecule has 1 aromatic rings.